The summed E-state index contributed by atoms with van der Waals surface area (Å²) in [6.45, 7) is 8.52. The number of hydrogen-bond donors (Lipinski definition) is 0. The van der Waals surface area contributed by atoms with Crippen molar-refractivity contribution in [3.63, 3.8) is 0 Å². The van der Waals surface area contributed by atoms with Gasteiger partial charge in [-0.05, 0) is 36.3 Å². The number of amides is 1. The molecule has 0 aromatic heterocycles. The average Bonchev–Trinajstić information content (AvgIpc) is 2.31. The SMILES string of the molecule is CC(C)(C)CCCN1CCc2ccccc2C1=O. The molecule has 18 heavy (non-hydrogen) atoms. The molecule has 0 bridgehead atoms. The van der Waals surface area contributed by atoms with E-state index in [2.05, 4.69) is 26.8 Å². The molecule has 0 spiro atoms. The maximum atomic E-state index is 12.3. The van der Waals surface area contributed by atoms with Crippen molar-refractivity contribution in [2.75, 3.05) is 13.1 Å². The standard InChI is InChI=1S/C16H23NO/c1-16(2,3)10-6-11-17-12-9-13-7-4-5-8-14(13)15(17)18/h4-5,7-8H,6,9-12H2,1-3H3. The van der Waals surface area contributed by atoms with Gasteiger partial charge in [-0.15, -0.1) is 0 Å². The maximum Gasteiger partial charge on any atom is 0.254 e. The largest absolute Gasteiger partial charge is 0.338 e. The molecule has 0 atom stereocenters. The Kier molecular flexibility index (Phi) is 3.74. The molecule has 0 saturated heterocycles. The Morgan fingerprint density at radius 3 is 2.67 bits per heavy atom. The first-order chi connectivity index (χ1) is 8.47. The normalized spacial score (nSPS) is 15.7. The molecule has 1 aromatic rings. The molecule has 0 N–H and O–H groups in total. The Labute approximate surface area is 110 Å². The smallest absolute Gasteiger partial charge is 0.254 e. The van der Waals surface area contributed by atoms with Crippen LogP contribution in [-0.2, 0) is 6.42 Å². The van der Waals surface area contributed by atoms with Gasteiger partial charge in [0.15, 0.2) is 0 Å². The number of carbonyl (C=O) groups excluding carboxylic acids is 1. The monoisotopic (exact) mass is 245 g/mol. The fourth-order valence-electron chi connectivity index (χ4n) is 2.49. The Hall–Kier alpha value is -1.31. The van der Waals surface area contributed by atoms with Crippen LogP contribution >= 0.6 is 0 Å². The number of fused-ring (bicyclic) bond motifs is 1. The summed E-state index contributed by atoms with van der Waals surface area (Å²) in [5.74, 6) is 0.214. The van der Waals surface area contributed by atoms with Crippen molar-refractivity contribution in [1.82, 2.24) is 4.90 Å². The van der Waals surface area contributed by atoms with Crippen molar-refractivity contribution in [3.8, 4) is 0 Å². The molecule has 0 radical (unpaired) electrons. The van der Waals surface area contributed by atoms with E-state index in [1.807, 2.05) is 23.1 Å². The molecule has 0 fully saturated rings. The van der Waals surface area contributed by atoms with Crippen LogP contribution in [0.25, 0.3) is 0 Å². The van der Waals surface area contributed by atoms with Gasteiger partial charge in [-0.3, -0.25) is 4.79 Å². The van der Waals surface area contributed by atoms with Crippen LogP contribution in [-0.4, -0.2) is 23.9 Å². The fourth-order valence-corrected chi connectivity index (χ4v) is 2.49. The van der Waals surface area contributed by atoms with E-state index in [0.717, 1.165) is 31.5 Å². The number of rotatable bonds is 3. The first-order valence-corrected chi connectivity index (χ1v) is 6.84. The number of hydrogen-bond acceptors (Lipinski definition) is 1. The van der Waals surface area contributed by atoms with Gasteiger partial charge in [0.2, 0.25) is 0 Å². The molecule has 0 aliphatic carbocycles. The van der Waals surface area contributed by atoms with Crippen LogP contribution in [0.15, 0.2) is 24.3 Å². The predicted molar refractivity (Wildman–Crippen MR) is 74.7 cm³/mol. The van der Waals surface area contributed by atoms with E-state index in [-0.39, 0.29) is 5.91 Å². The zero-order valence-corrected chi connectivity index (χ0v) is 11.7. The van der Waals surface area contributed by atoms with Gasteiger partial charge in [-0.2, -0.15) is 0 Å². The Balaban J connectivity index is 1.96. The lowest BCUT2D eigenvalue weighted by atomic mass is 9.90. The molecule has 0 saturated carbocycles. The van der Waals surface area contributed by atoms with Crippen molar-refractivity contribution in [3.05, 3.63) is 35.4 Å². The van der Waals surface area contributed by atoms with Gasteiger partial charge in [-0.1, -0.05) is 39.0 Å². The van der Waals surface area contributed by atoms with Crippen molar-refractivity contribution in [2.45, 2.75) is 40.0 Å². The van der Waals surface area contributed by atoms with Crippen molar-refractivity contribution in [1.29, 1.82) is 0 Å². The summed E-state index contributed by atoms with van der Waals surface area (Å²) in [7, 11) is 0. The van der Waals surface area contributed by atoms with Gasteiger partial charge in [0.05, 0.1) is 0 Å². The van der Waals surface area contributed by atoms with Gasteiger partial charge in [-0.25, -0.2) is 0 Å². The molecule has 2 nitrogen and oxygen atoms in total. The molecular weight excluding hydrogens is 222 g/mol. The van der Waals surface area contributed by atoms with Crippen molar-refractivity contribution >= 4 is 5.91 Å². The van der Waals surface area contributed by atoms with E-state index in [0.29, 0.717) is 5.41 Å². The average molecular weight is 245 g/mol. The molecule has 0 unspecified atom stereocenters. The summed E-state index contributed by atoms with van der Waals surface area (Å²) in [4.78, 5) is 14.3. The molecular formula is C16H23NO. The molecule has 1 amide bonds. The molecule has 1 aromatic carbocycles. The minimum absolute atomic E-state index is 0.214. The predicted octanol–water partition coefficient (Wildman–Crippen LogP) is 3.51. The van der Waals surface area contributed by atoms with E-state index < -0.39 is 0 Å². The van der Waals surface area contributed by atoms with Crippen LogP contribution in [0.4, 0.5) is 0 Å². The fraction of sp³-hybridized carbons (Fsp3) is 0.562. The van der Waals surface area contributed by atoms with E-state index in [4.69, 9.17) is 0 Å². The summed E-state index contributed by atoms with van der Waals surface area (Å²) < 4.78 is 0. The summed E-state index contributed by atoms with van der Waals surface area (Å²) in [5, 5.41) is 0. The second-order valence-electron chi connectivity index (χ2n) is 6.36. The second kappa shape index (κ2) is 5.13. The number of benzene rings is 1. The molecule has 1 heterocycles. The van der Waals surface area contributed by atoms with E-state index >= 15 is 0 Å². The molecule has 1 aliphatic heterocycles. The van der Waals surface area contributed by atoms with Gasteiger partial charge in [0, 0.05) is 18.7 Å². The highest BCUT2D eigenvalue weighted by Crippen LogP contribution is 2.23. The lowest BCUT2D eigenvalue weighted by Crippen LogP contribution is -2.38. The van der Waals surface area contributed by atoms with Crippen LogP contribution in [0.5, 0.6) is 0 Å². The zero-order valence-electron chi connectivity index (χ0n) is 11.7. The van der Waals surface area contributed by atoms with Crippen LogP contribution < -0.4 is 0 Å². The van der Waals surface area contributed by atoms with Crippen LogP contribution in [0.2, 0.25) is 0 Å². The maximum absolute atomic E-state index is 12.3. The molecule has 1 aliphatic rings. The highest BCUT2D eigenvalue weighted by molar-refractivity contribution is 5.96. The summed E-state index contributed by atoms with van der Waals surface area (Å²) in [6.07, 6.45) is 3.26. The number of carbonyl (C=O) groups is 1. The first kappa shape index (κ1) is 13.1. The lowest BCUT2D eigenvalue weighted by Gasteiger charge is -2.29. The van der Waals surface area contributed by atoms with Crippen molar-refractivity contribution < 1.29 is 4.79 Å². The summed E-state index contributed by atoms with van der Waals surface area (Å²) >= 11 is 0. The third kappa shape index (κ3) is 3.12. The van der Waals surface area contributed by atoms with Crippen LogP contribution in [0, 0.1) is 5.41 Å². The molecule has 98 valence electrons. The summed E-state index contributed by atoms with van der Waals surface area (Å²) in [6, 6.07) is 7.99. The lowest BCUT2D eigenvalue weighted by molar-refractivity contribution is 0.0732. The van der Waals surface area contributed by atoms with Crippen molar-refractivity contribution in [2.24, 2.45) is 5.41 Å². The third-order valence-corrected chi connectivity index (χ3v) is 3.54. The van der Waals surface area contributed by atoms with E-state index in [1.54, 1.807) is 0 Å². The van der Waals surface area contributed by atoms with E-state index in [9.17, 15) is 4.79 Å². The Morgan fingerprint density at radius 1 is 1.22 bits per heavy atom. The van der Waals surface area contributed by atoms with Crippen LogP contribution in [0.1, 0.15) is 49.5 Å². The second-order valence-corrected chi connectivity index (χ2v) is 6.36. The Morgan fingerprint density at radius 2 is 1.94 bits per heavy atom. The van der Waals surface area contributed by atoms with Gasteiger partial charge >= 0.3 is 0 Å². The highest BCUT2D eigenvalue weighted by atomic mass is 16.2. The first-order valence-electron chi connectivity index (χ1n) is 6.84. The van der Waals surface area contributed by atoms with Gasteiger partial charge in [0.25, 0.3) is 5.91 Å². The van der Waals surface area contributed by atoms with Crippen LogP contribution in [0.3, 0.4) is 0 Å². The zero-order chi connectivity index (χ0) is 13.2. The quantitative estimate of drug-likeness (QED) is 0.798. The minimum Gasteiger partial charge on any atom is -0.338 e. The van der Waals surface area contributed by atoms with E-state index in [1.165, 1.54) is 12.0 Å². The minimum atomic E-state index is 0.214. The van der Waals surface area contributed by atoms with Gasteiger partial charge in [0.1, 0.15) is 0 Å². The third-order valence-electron chi connectivity index (χ3n) is 3.54. The Bertz CT molecular complexity index is 431. The number of nitrogens with zero attached hydrogens (tertiary/aromatic N) is 1. The van der Waals surface area contributed by atoms with Gasteiger partial charge < -0.3 is 4.90 Å². The summed E-state index contributed by atoms with van der Waals surface area (Å²) in [5.41, 5.74) is 2.46. The highest BCUT2D eigenvalue weighted by Gasteiger charge is 2.23. The topological polar surface area (TPSA) is 20.3 Å². The molecule has 2 heteroatoms. The molecule has 2 rings (SSSR count).